The molecule has 0 aliphatic carbocycles. The fourth-order valence-corrected chi connectivity index (χ4v) is 5.66. The first-order chi connectivity index (χ1) is 9.87. The van der Waals surface area contributed by atoms with E-state index >= 15 is 0 Å². The lowest BCUT2D eigenvalue weighted by Crippen LogP contribution is -2.13. The van der Waals surface area contributed by atoms with Crippen molar-refractivity contribution in [2.75, 3.05) is 11.8 Å². The predicted molar refractivity (Wildman–Crippen MR) is 89.4 cm³/mol. The summed E-state index contributed by atoms with van der Waals surface area (Å²) in [6, 6.07) is 6.42. The highest BCUT2D eigenvalue weighted by atomic mass is 79.9. The van der Waals surface area contributed by atoms with Crippen LogP contribution < -0.4 is 9.46 Å². The van der Waals surface area contributed by atoms with Crippen LogP contribution in [0.1, 0.15) is 4.88 Å². The number of halogens is 2. The van der Waals surface area contributed by atoms with E-state index in [9.17, 15) is 8.42 Å². The number of thiophene rings is 1. The Morgan fingerprint density at radius 3 is 2.62 bits per heavy atom. The molecule has 0 aliphatic heterocycles. The van der Waals surface area contributed by atoms with Crippen molar-refractivity contribution in [3.05, 3.63) is 37.4 Å². The van der Waals surface area contributed by atoms with Gasteiger partial charge in [-0.15, -0.1) is 11.3 Å². The first-order valence-electron chi connectivity index (χ1n) is 5.63. The summed E-state index contributed by atoms with van der Waals surface area (Å²) in [5, 5.41) is 9.09. The Kier molecular flexibility index (Phi) is 5.31. The molecule has 0 radical (unpaired) electrons. The van der Waals surface area contributed by atoms with E-state index in [0.29, 0.717) is 24.6 Å². The second-order valence-corrected chi connectivity index (χ2v) is 8.92. The molecule has 2 aromatic rings. The number of methoxy groups -OCH3 is 1. The Labute approximate surface area is 143 Å². The van der Waals surface area contributed by atoms with Crippen molar-refractivity contribution in [2.45, 2.75) is 11.5 Å². The van der Waals surface area contributed by atoms with Gasteiger partial charge in [0.25, 0.3) is 10.0 Å². The minimum atomic E-state index is -3.76. The standard InChI is InChI=1S/C12H11Br2NO4S2/c1-19-7-2-3-9(13)10(4-7)15-21(17,18)11-5-8(6-16)20-12(11)14/h2-5,15-16H,6H2,1H3. The lowest BCUT2D eigenvalue weighted by Gasteiger charge is -2.10. The van der Waals surface area contributed by atoms with Crippen LogP contribution in [0.4, 0.5) is 5.69 Å². The molecule has 2 rings (SSSR count). The van der Waals surface area contributed by atoms with Gasteiger partial charge in [-0.2, -0.15) is 0 Å². The molecule has 0 spiro atoms. The van der Waals surface area contributed by atoms with Gasteiger partial charge in [-0.1, -0.05) is 0 Å². The summed E-state index contributed by atoms with van der Waals surface area (Å²) in [6.45, 7) is -0.207. The molecule has 0 saturated carbocycles. The third-order valence-electron chi connectivity index (χ3n) is 2.57. The van der Waals surface area contributed by atoms with E-state index in [1.165, 1.54) is 24.5 Å². The van der Waals surface area contributed by atoms with Crippen LogP contribution in [-0.4, -0.2) is 20.6 Å². The maximum absolute atomic E-state index is 12.4. The highest BCUT2D eigenvalue weighted by molar-refractivity contribution is 9.11. The van der Waals surface area contributed by atoms with E-state index in [2.05, 4.69) is 36.6 Å². The first-order valence-corrected chi connectivity index (χ1v) is 9.51. The molecular weight excluding hydrogens is 446 g/mol. The van der Waals surface area contributed by atoms with Crippen molar-refractivity contribution in [1.29, 1.82) is 0 Å². The molecule has 0 unspecified atom stereocenters. The molecule has 0 saturated heterocycles. The Morgan fingerprint density at radius 1 is 1.33 bits per heavy atom. The summed E-state index contributed by atoms with van der Waals surface area (Å²) in [6.07, 6.45) is 0. The number of ether oxygens (including phenoxy) is 1. The minimum absolute atomic E-state index is 0.0891. The number of benzene rings is 1. The number of sulfonamides is 1. The van der Waals surface area contributed by atoms with Crippen molar-refractivity contribution in [2.24, 2.45) is 0 Å². The van der Waals surface area contributed by atoms with E-state index in [-0.39, 0.29) is 11.5 Å². The number of aliphatic hydroxyl groups excluding tert-OH is 1. The number of anilines is 1. The number of rotatable bonds is 5. The van der Waals surface area contributed by atoms with Crippen molar-refractivity contribution in [3.8, 4) is 5.75 Å². The minimum Gasteiger partial charge on any atom is -0.497 e. The lowest BCUT2D eigenvalue weighted by atomic mass is 10.3. The highest BCUT2D eigenvalue weighted by Crippen LogP contribution is 2.34. The molecule has 114 valence electrons. The maximum Gasteiger partial charge on any atom is 0.263 e. The normalized spacial score (nSPS) is 11.4. The SMILES string of the molecule is COc1ccc(Br)c(NS(=O)(=O)c2cc(CO)sc2Br)c1. The van der Waals surface area contributed by atoms with E-state index in [1.54, 1.807) is 18.2 Å². The number of hydrogen-bond donors (Lipinski definition) is 2. The zero-order valence-corrected chi connectivity index (χ0v) is 15.6. The van der Waals surface area contributed by atoms with Crippen LogP contribution in [0.2, 0.25) is 0 Å². The highest BCUT2D eigenvalue weighted by Gasteiger charge is 2.22. The van der Waals surface area contributed by atoms with Crippen molar-refractivity contribution in [1.82, 2.24) is 0 Å². The fraction of sp³-hybridized carbons (Fsp3) is 0.167. The molecule has 0 amide bonds. The molecular formula is C12H11Br2NO4S2. The average molecular weight is 457 g/mol. The summed E-state index contributed by atoms with van der Waals surface area (Å²) in [5.74, 6) is 0.538. The summed E-state index contributed by atoms with van der Waals surface area (Å²) >= 11 is 7.67. The van der Waals surface area contributed by atoms with Gasteiger partial charge < -0.3 is 9.84 Å². The molecule has 0 bridgehead atoms. The van der Waals surface area contributed by atoms with Gasteiger partial charge in [0.1, 0.15) is 10.6 Å². The molecule has 0 fully saturated rings. The van der Waals surface area contributed by atoms with E-state index < -0.39 is 10.0 Å². The summed E-state index contributed by atoms with van der Waals surface area (Å²) in [5.41, 5.74) is 0.373. The Morgan fingerprint density at radius 2 is 2.05 bits per heavy atom. The molecule has 5 nitrogen and oxygen atoms in total. The largest absolute Gasteiger partial charge is 0.497 e. The van der Waals surface area contributed by atoms with Gasteiger partial charge in [0, 0.05) is 15.4 Å². The van der Waals surface area contributed by atoms with Crippen LogP contribution in [0.15, 0.2) is 37.4 Å². The quantitative estimate of drug-likeness (QED) is 0.720. The van der Waals surface area contributed by atoms with Gasteiger partial charge in [0.2, 0.25) is 0 Å². The Balaban J connectivity index is 2.39. The second kappa shape index (κ2) is 6.66. The molecule has 9 heteroatoms. The third-order valence-corrected chi connectivity index (χ3v) is 6.86. The topological polar surface area (TPSA) is 75.6 Å². The second-order valence-electron chi connectivity index (χ2n) is 3.96. The monoisotopic (exact) mass is 455 g/mol. The number of hydrogen-bond acceptors (Lipinski definition) is 5. The predicted octanol–water partition coefficient (Wildman–Crippen LogP) is 3.57. The van der Waals surface area contributed by atoms with E-state index in [1.807, 2.05) is 0 Å². The van der Waals surface area contributed by atoms with E-state index in [4.69, 9.17) is 9.84 Å². The zero-order chi connectivity index (χ0) is 15.6. The van der Waals surface area contributed by atoms with Crippen molar-refractivity contribution >= 4 is 58.9 Å². The Hall–Kier alpha value is -0.610. The van der Waals surface area contributed by atoms with Crippen molar-refractivity contribution in [3.63, 3.8) is 0 Å². The van der Waals surface area contributed by atoms with Crippen LogP contribution in [-0.2, 0) is 16.6 Å². The molecule has 0 atom stereocenters. The number of aliphatic hydroxyl groups is 1. The summed E-state index contributed by atoms with van der Waals surface area (Å²) < 4.78 is 33.5. The van der Waals surface area contributed by atoms with Crippen LogP contribution in [0, 0.1) is 0 Å². The van der Waals surface area contributed by atoms with Crippen LogP contribution in [0.3, 0.4) is 0 Å². The number of nitrogens with one attached hydrogen (secondary N) is 1. The third kappa shape index (κ3) is 3.78. The molecule has 1 heterocycles. The summed E-state index contributed by atoms with van der Waals surface area (Å²) in [4.78, 5) is 0.651. The smallest absolute Gasteiger partial charge is 0.263 e. The average Bonchev–Trinajstić information content (AvgIpc) is 2.83. The fourth-order valence-electron chi connectivity index (χ4n) is 1.57. The molecule has 0 aliphatic rings. The van der Waals surface area contributed by atoms with Crippen molar-refractivity contribution < 1.29 is 18.3 Å². The van der Waals surface area contributed by atoms with Gasteiger partial charge in [0.15, 0.2) is 0 Å². The molecule has 21 heavy (non-hydrogen) atoms. The maximum atomic E-state index is 12.4. The van der Waals surface area contributed by atoms with Gasteiger partial charge in [-0.05, 0) is 50.1 Å². The van der Waals surface area contributed by atoms with Gasteiger partial charge in [-0.25, -0.2) is 8.42 Å². The van der Waals surface area contributed by atoms with Gasteiger partial charge in [0.05, 0.1) is 23.2 Å². The Bertz CT molecular complexity index is 759. The first kappa shape index (κ1) is 16.8. The summed E-state index contributed by atoms with van der Waals surface area (Å²) in [7, 11) is -2.26. The van der Waals surface area contributed by atoms with Crippen LogP contribution >= 0.6 is 43.2 Å². The molecule has 1 aromatic heterocycles. The van der Waals surface area contributed by atoms with Crippen LogP contribution in [0.25, 0.3) is 0 Å². The molecule has 2 N–H and O–H groups in total. The molecule has 1 aromatic carbocycles. The van der Waals surface area contributed by atoms with E-state index in [0.717, 1.165) is 0 Å². The van der Waals surface area contributed by atoms with Gasteiger partial charge >= 0.3 is 0 Å². The zero-order valence-electron chi connectivity index (χ0n) is 10.8. The van der Waals surface area contributed by atoms with Gasteiger partial charge in [-0.3, -0.25) is 4.72 Å². The van der Waals surface area contributed by atoms with Crippen LogP contribution in [0.5, 0.6) is 5.75 Å². The lowest BCUT2D eigenvalue weighted by molar-refractivity contribution is 0.285.